The number of hydrogen-bond acceptors (Lipinski definition) is 4. The van der Waals surface area contributed by atoms with Gasteiger partial charge in [0.15, 0.2) is 0 Å². The van der Waals surface area contributed by atoms with Crippen LogP contribution in [0.3, 0.4) is 0 Å². The fraction of sp³-hybridized carbons (Fsp3) is 0.412. The van der Waals surface area contributed by atoms with Gasteiger partial charge in [0.2, 0.25) is 0 Å². The lowest BCUT2D eigenvalue weighted by atomic mass is 10.0. The van der Waals surface area contributed by atoms with Crippen LogP contribution in [0.4, 0.5) is 21.7 Å². The Morgan fingerprint density at radius 2 is 2.09 bits per heavy atom. The molecule has 1 saturated heterocycles. The number of hydrogen-bond donors (Lipinski definition) is 1. The van der Waals surface area contributed by atoms with Crippen LogP contribution in [0.1, 0.15) is 25.6 Å². The number of para-hydroxylation sites is 1. The van der Waals surface area contributed by atoms with E-state index in [0.717, 1.165) is 18.9 Å². The Hall–Kier alpha value is -2.17. The van der Waals surface area contributed by atoms with E-state index in [0.29, 0.717) is 23.2 Å². The Balaban J connectivity index is 1.85. The molecule has 0 amide bonds. The molecule has 0 saturated carbocycles. The van der Waals surface area contributed by atoms with E-state index in [2.05, 4.69) is 27.1 Å². The summed E-state index contributed by atoms with van der Waals surface area (Å²) in [5.74, 6) is 2.62. The molecule has 0 spiro atoms. The van der Waals surface area contributed by atoms with Crippen LogP contribution < -0.4 is 10.2 Å². The molecule has 1 aromatic carbocycles. The molecule has 0 radical (unpaired) electrons. The van der Waals surface area contributed by atoms with Crippen molar-refractivity contribution in [3.05, 3.63) is 42.0 Å². The summed E-state index contributed by atoms with van der Waals surface area (Å²) >= 11 is 0. The molecule has 1 aliphatic heterocycles. The predicted octanol–water partition coefficient (Wildman–Crippen LogP) is 3.90. The molecule has 1 unspecified atom stereocenters. The number of aryl methyl sites for hydroxylation is 1. The summed E-state index contributed by atoms with van der Waals surface area (Å²) in [4.78, 5) is 11.2. The predicted molar refractivity (Wildman–Crippen MR) is 87.1 cm³/mol. The summed E-state index contributed by atoms with van der Waals surface area (Å²) in [5, 5.41) is 3.05. The average molecular weight is 300 g/mol. The maximum Gasteiger partial charge on any atom is 0.146 e. The normalized spacial score (nSPS) is 18.3. The summed E-state index contributed by atoms with van der Waals surface area (Å²) in [6.07, 6.45) is 2.45. The van der Waals surface area contributed by atoms with Crippen molar-refractivity contribution in [3.63, 3.8) is 0 Å². The van der Waals surface area contributed by atoms with Crippen LogP contribution in [0.25, 0.3) is 0 Å². The van der Waals surface area contributed by atoms with Crippen molar-refractivity contribution in [1.29, 1.82) is 0 Å². The third-order valence-electron chi connectivity index (χ3n) is 3.94. The summed E-state index contributed by atoms with van der Waals surface area (Å²) in [7, 11) is 0. The van der Waals surface area contributed by atoms with Gasteiger partial charge in [0.05, 0.1) is 5.69 Å². The number of halogens is 1. The number of anilines is 3. The van der Waals surface area contributed by atoms with Gasteiger partial charge in [0.25, 0.3) is 0 Å². The van der Waals surface area contributed by atoms with Gasteiger partial charge in [-0.1, -0.05) is 19.1 Å². The molecular weight excluding hydrogens is 279 g/mol. The van der Waals surface area contributed by atoms with E-state index >= 15 is 0 Å². The minimum Gasteiger partial charge on any atom is -0.356 e. The third-order valence-corrected chi connectivity index (χ3v) is 3.94. The highest BCUT2D eigenvalue weighted by molar-refractivity contribution is 5.60. The van der Waals surface area contributed by atoms with Crippen molar-refractivity contribution in [2.45, 2.75) is 26.7 Å². The lowest BCUT2D eigenvalue weighted by molar-refractivity contribution is 0.444. The maximum atomic E-state index is 13.8. The highest BCUT2D eigenvalue weighted by Gasteiger charge is 2.18. The van der Waals surface area contributed by atoms with Gasteiger partial charge in [0.1, 0.15) is 23.3 Å². The standard InChI is InChI=1S/C17H21FN4/c1-12-6-5-9-22(11-12)17-10-16(19-13(2)20-17)21-15-8-4-3-7-14(15)18/h3-4,7-8,10,12H,5-6,9,11H2,1-2H3,(H,19,20,21). The Kier molecular flexibility index (Phi) is 4.22. The van der Waals surface area contributed by atoms with E-state index < -0.39 is 0 Å². The number of rotatable bonds is 3. The van der Waals surface area contributed by atoms with Gasteiger partial charge in [0, 0.05) is 19.2 Å². The number of nitrogens with one attached hydrogen (secondary N) is 1. The summed E-state index contributed by atoms with van der Waals surface area (Å²) in [6.45, 7) is 6.15. The maximum absolute atomic E-state index is 13.8. The van der Waals surface area contributed by atoms with Gasteiger partial charge in [-0.05, 0) is 37.8 Å². The van der Waals surface area contributed by atoms with Gasteiger partial charge in [-0.3, -0.25) is 0 Å². The smallest absolute Gasteiger partial charge is 0.146 e. The molecule has 0 bridgehead atoms. The fourth-order valence-corrected chi connectivity index (χ4v) is 2.88. The van der Waals surface area contributed by atoms with E-state index in [1.54, 1.807) is 18.2 Å². The van der Waals surface area contributed by atoms with E-state index in [9.17, 15) is 4.39 Å². The minimum absolute atomic E-state index is 0.285. The van der Waals surface area contributed by atoms with Crippen molar-refractivity contribution in [3.8, 4) is 0 Å². The number of nitrogens with zero attached hydrogens (tertiary/aromatic N) is 3. The lowest BCUT2D eigenvalue weighted by Crippen LogP contribution is -2.35. The fourth-order valence-electron chi connectivity index (χ4n) is 2.88. The van der Waals surface area contributed by atoms with Crippen molar-refractivity contribution < 1.29 is 4.39 Å². The molecule has 1 fully saturated rings. The monoisotopic (exact) mass is 300 g/mol. The number of aromatic nitrogens is 2. The van der Waals surface area contributed by atoms with E-state index in [-0.39, 0.29) is 5.82 Å². The average Bonchev–Trinajstić information content (AvgIpc) is 2.49. The van der Waals surface area contributed by atoms with E-state index in [1.807, 2.05) is 13.0 Å². The van der Waals surface area contributed by atoms with Gasteiger partial charge in [-0.15, -0.1) is 0 Å². The van der Waals surface area contributed by atoms with Crippen LogP contribution >= 0.6 is 0 Å². The molecule has 2 aromatic rings. The van der Waals surface area contributed by atoms with Crippen LogP contribution in [0.5, 0.6) is 0 Å². The molecule has 1 aliphatic rings. The zero-order valence-electron chi connectivity index (χ0n) is 13.0. The van der Waals surface area contributed by atoms with Crippen LogP contribution in [0.2, 0.25) is 0 Å². The second kappa shape index (κ2) is 6.30. The molecule has 0 aliphatic carbocycles. The summed E-state index contributed by atoms with van der Waals surface area (Å²) < 4.78 is 13.8. The number of benzene rings is 1. The molecule has 4 nitrogen and oxygen atoms in total. The molecule has 3 rings (SSSR count). The molecule has 5 heteroatoms. The molecular formula is C17H21FN4. The minimum atomic E-state index is -0.285. The van der Waals surface area contributed by atoms with E-state index in [1.165, 1.54) is 18.9 Å². The summed E-state index contributed by atoms with van der Waals surface area (Å²) in [5.41, 5.74) is 0.429. The van der Waals surface area contributed by atoms with Crippen LogP contribution in [0, 0.1) is 18.7 Å². The number of piperidine rings is 1. The Morgan fingerprint density at radius 1 is 1.27 bits per heavy atom. The SMILES string of the molecule is Cc1nc(Nc2ccccc2F)cc(N2CCCC(C)C2)n1. The molecule has 1 aromatic heterocycles. The largest absolute Gasteiger partial charge is 0.356 e. The molecule has 116 valence electrons. The van der Waals surface area contributed by atoms with Gasteiger partial charge in [-0.2, -0.15) is 0 Å². The lowest BCUT2D eigenvalue weighted by Gasteiger charge is -2.32. The first-order valence-electron chi connectivity index (χ1n) is 7.74. The Bertz CT molecular complexity index is 659. The Morgan fingerprint density at radius 3 is 2.86 bits per heavy atom. The molecule has 22 heavy (non-hydrogen) atoms. The van der Waals surface area contributed by atoms with E-state index in [4.69, 9.17) is 0 Å². The highest BCUT2D eigenvalue weighted by atomic mass is 19.1. The first-order chi connectivity index (χ1) is 10.6. The first-order valence-corrected chi connectivity index (χ1v) is 7.74. The van der Waals surface area contributed by atoms with Gasteiger partial charge >= 0.3 is 0 Å². The quantitative estimate of drug-likeness (QED) is 0.933. The van der Waals surface area contributed by atoms with Crippen molar-refractivity contribution >= 4 is 17.3 Å². The zero-order chi connectivity index (χ0) is 15.5. The van der Waals surface area contributed by atoms with Crippen molar-refractivity contribution in [2.75, 3.05) is 23.3 Å². The summed E-state index contributed by atoms with van der Waals surface area (Å²) in [6, 6.07) is 8.51. The highest BCUT2D eigenvalue weighted by Crippen LogP contribution is 2.25. The third kappa shape index (κ3) is 3.35. The van der Waals surface area contributed by atoms with Crippen molar-refractivity contribution in [1.82, 2.24) is 9.97 Å². The zero-order valence-corrected chi connectivity index (χ0v) is 13.0. The second-order valence-corrected chi connectivity index (χ2v) is 5.96. The first kappa shape index (κ1) is 14.8. The van der Waals surface area contributed by atoms with Gasteiger partial charge in [-0.25, -0.2) is 14.4 Å². The molecule has 1 atom stereocenters. The van der Waals surface area contributed by atoms with Crippen molar-refractivity contribution in [2.24, 2.45) is 5.92 Å². The van der Waals surface area contributed by atoms with Gasteiger partial charge < -0.3 is 10.2 Å². The van der Waals surface area contributed by atoms with Crippen LogP contribution in [-0.2, 0) is 0 Å². The van der Waals surface area contributed by atoms with Crippen LogP contribution in [0.15, 0.2) is 30.3 Å². The second-order valence-electron chi connectivity index (χ2n) is 5.96. The Labute approximate surface area is 130 Å². The molecule has 1 N–H and O–H groups in total. The topological polar surface area (TPSA) is 41.1 Å². The molecule has 2 heterocycles. The van der Waals surface area contributed by atoms with Crippen LogP contribution in [-0.4, -0.2) is 23.1 Å².